The molecule has 0 aromatic carbocycles. The van der Waals surface area contributed by atoms with E-state index in [1.165, 1.54) is 12.1 Å². The smallest absolute Gasteiger partial charge is 0.408 e. The van der Waals surface area contributed by atoms with E-state index < -0.39 is 30.3 Å². The highest BCUT2D eigenvalue weighted by Gasteiger charge is 2.26. The second kappa shape index (κ2) is 8.44. The van der Waals surface area contributed by atoms with Crippen molar-refractivity contribution in [2.45, 2.75) is 38.8 Å². The molecule has 9 heteroatoms. The number of rotatable bonds is 5. The van der Waals surface area contributed by atoms with Crippen molar-refractivity contribution in [3.8, 4) is 12.1 Å². The van der Waals surface area contributed by atoms with Gasteiger partial charge < -0.3 is 14.8 Å². The standard InChI is InChI=1S/C15H17N5O4/c1-15(2,3)24-14(22)18-12(13(21)23-7-6-16)8-10-4-5-11(9-17)20-19-10/h4-5,12H,7-8H2,1-3H3,(H,18,22)/t12-/m0/s1. The van der Waals surface area contributed by atoms with Crippen molar-refractivity contribution in [2.24, 2.45) is 0 Å². The summed E-state index contributed by atoms with van der Waals surface area (Å²) in [5.41, 5.74) is -0.245. The Morgan fingerprint density at radius 3 is 2.50 bits per heavy atom. The van der Waals surface area contributed by atoms with Crippen LogP contribution in [0.4, 0.5) is 4.79 Å². The monoisotopic (exact) mass is 331 g/mol. The van der Waals surface area contributed by atoms with Crippen molar-refractivity contribution in [3.05, 3.63) is 23.5 Å². The van der Waals surface area contributed by atoms with Gasteiger partial charge in [0.25, 0.3) is 0 Å². The van der Waals surface area contributed by atoms with Crippen LogP contribution in [0.1, 0.15) is 32.2 Å². The van der Waals surface area contributed by atoms with Crippen LogP contribution in [0.15, 0.2) is 12.1 Å². The zero-order chi connectivity index (χ0) is 18.2. The van der Waals surface area contributed by atoms with Gasteiger partial charge in [-0.2, -0.15) is 15.6 Å². The molecule has 0 aliphatic rings. The van der Waals surface area contributed by atoms with E-state index in [2.05, 4.69) is 15.5 Å². The number of nitrogens with one attached hydrogen (secondary N) is 1. The number of hydrogen-bond acceptors (Lipinski definition) is 8. The average molecular weight is 331 g/mol. The van der Waals surface area contributed by atoms with Gasteiger partial charge in [0.15, 0.2) is 12.3 Å². The van der Waals surface area contributed by atoms with Gasteiger partial charge in [0.1, 0.15) is 23.8 Å². The first kappa shape index (κ1) is 18.8. The molecule has 1 atom stereocenters. The second-order valence-electron chi connectivity index (χ2n) is 5.69. The number of carbonyl (C=O) groups excluding carboxylic acids is 2. The number of amides is 1. The number of alkyl carbamates (subject to hydrolysis) is 1. The highest BCUT2D eigenvalue weighted by molar-refractivity contribution is 5.81. The maximum Gasteiger partial charge on any atom is 0.408 e. The molecule has 0 aliphatic carbocycles. The summed E-state index contributed by atoms with van der Waals surface area (Å²) in [6.45, 7) is 4.61. The van der Waals surface area contributed by atoms with E-state index in [1.54, 1.807) is 26.8 Å². The molecule has 9 nitrogen and oxygen atoms in total. The van der Waals surface area contributed by atoms with Crippen LogP contribution < -0.4 is 5.32 Å². The Bertz CT molecular complexity index is 667. The third-order valence-electron chi connectivity index (χ3n) is 2.50. The first-order valence-electron chi connectivity index (χ1n) is 7.01. The van der Waals surface area contributed by atoms with E-state index >= 15 is 0 Å². The van der Waals surface area contributed by atoms with Crippen molar-refractivity contribution in [2.75, 3.05) is 6.61 Å². The molecule has 0 aliphatic heterocycles. The van der Waals surface area contributed by atoms with Crippen molar-refractivity contribution in [3.63, 3.8) is 0 Å². The van der Waals surface area contributed by atoms with Crippen LogP contribution in [0.25, 0.3) is 0 Å². The SMILES string of the molecule is CC(C)(C)OC(=O)N[C@@H](Cc1ccc(C#N)nn1)C(=O)OCC#N. The van der Waals surface area contributed by atoms with Crippen molar-refractivity contribution in [1.82, 2.24) is 15.5 Å². The summed E-state index contributed by atoms with van der Waals surface area (Å²) < 4.78 is 9.83. The molecule has 0 radical (unpaired) electrons. The number of hydrogen-bond donors (Lipinski definition) is 1. The van der Waals surface area contributed by atoms with Gasteiger partial charge in [-0.15, -0.1) is 5.10 Å². The van der Waals surface area contributed by atoms with Gasteiger partial charge in [-0.25, -0.2) is 9.59 Å². The average Bonchev–Trinajstić information content (AvgIpc) is 2.50. The molecule has 0 saturated heterocycles. The van der Waals surface area contributed by atoms with Crippen LogP contribution >= 0.6 is 0 Å². The molecule has 126 valence electrons. The second-order valence-corrected chi connectivity index (χ2v) is 5.69. The molecule has 0 fully saturated rings. The van der Waals surface area contributed by atoms with Crippen molar-refractivity contribution in [1.29, 1.82) is 10.5 Å². The van der Waals surface area contributed by atoms with Crippen LogP contribution in [0.3, 0.4) is 0 Å². The number of nitriles is 2. The molecule has 1 rings (SSSR count). The highest BCUT2D eigenvalue weighted by atomic mass is 16.6. The van der Waals surface area contributed by atoms with E-state index in [0.717, 1.165) is 0 Å². The molecule has 1 heterocycles. The normalized spacial score (nSPS) is 11.5. The molecule has 1 N–H and O–H groups in total. The minimum Gasteiger partial charge on any atom is -0.449 e. The van der Waals surface area contributed by atoms with Gasteiger partial charge in [0.2, 0.25) is 0 Å². The van der Waals surface area contributed by atoms with E-state index in [9.17, 15) is 9.59 Å². The maximum atomic E-state index is 12.0. The van der Waals surface area contributed by atoms with Gasteiger partial charge in [-0.3, -0.25) is 0 Å². The Hall–Kier alpha value is -3.20. The summed E-state index contributed by atoms with van der Waals surface area (Å²) in [7, 11) is 0. The Labute approximate surface area is 139 Å². The van der Waals surface area contributed by atoms with Gasteiger partial charge in [-0.05, 0) is 32.9 Å². The van der Waals surface area contributed by atoms with Gasteiger partial charge >= 0.3 is 12.1 Å². The number of ether oxygens (including phenoxy) is 2. The van der Waals surface area contributed by atoms with Crippen LogP contribution in [0.2, 0.25) is 0 Å². The molecule has 0 bridgehead atoms. The molecule has 1 amide bonds. The summed E-state index contributed by atoms with van der Waals surface area (Å²) in [6, 6.07) is 5.34. The van der Waals surface area contributed by atoms with Gasteiger partial charge in [-0.1, -0.05) is 0 Å². The zero-order valence-electron chi connectivity index (χ0n) is 13.6. The van der Waals surface area contributed by atoms with Crippen molar-refractivity contribution < 1.29 is 19.1 Å². The molecular formula is C15H17N5O4. The topological polar surface area (TPSA) is 138 Å². The quantitative estimate of drug-likeness (QED) is 0.784. The van der Waals surface area contributed by atoms with Gasteiger partial charge in [0.05, 0.1) is 5.69 Å². The zero-order valence-corrected chi connectivity index (χ0v) is 13.6. The van der Waals surface area contributed by atoms with Crippen LogP contribution in [0, 0.1) is 22.7 Å². The summed E-state index contributed by atoms with van der Waals surface area (Å²) in [4.78, 5) is 23.8. The largest absolute Gasteiger partial charge is 0.449 e. The fourth-order valence-corrected chi connectivity index (χ4v) is 1.58. The molecule has 0 unspecified atom stereocenters. The Morgan fingerprint density at radius 2 is 2.00 bits per heavy atom. The summed E-state index contributed by atoms with van der Waals surface area (Å²) in [6.07, 6.45) is -0.828. The third kappa shape index (κ3) is 6.71. The van der Waals surface area contributed by atoms with Crippen LogP contribution in [-0.2, 0) is 20.7 Å². The van der Waals surface area contributed by atoms with E-state index in [0.29, 0.717) is 5.69 Å². The first-order chi connectivity index (χ1) is 11.2. The third-order valence-corrected chi connectivity index (χ3v) is 2.50. The molecule has 0 saturated carbocycles. The molecular weight excluding hydrogens is 314 g/mol. The van der Waals surface area contributed by atoms with Crippen molar-refractivity contribution >= 4 is 12.1 Å². The lowest BCUT2D eigenvalue weighted by Gasteiger charge is -2.22. The number of aromatic nitrogens is 2. The van der Waals surface area contributed by atoms with E-state index in [1.807, 2.05) is 6.07 Å². The summed E-state index contributed by atoms with van der Waals surface area (Å²) >= 11 is 0. The first-order valence-corrected chi connectivity index (χ1v) is 7.01. The number of nitrogens with zero attached hydrogens (tertiary/aromatic N) is 4. The van der Waals surface area contributed by atoms with Crippen LogP contribution in [-0.4, -0.2) is 40.5 Å². The molecule has 0 spiro atoms. The fourth-order valence-electron chi connectivity index (χ4n) is 1.58. The van der Waals surface area contributed by atoms with E-state index in [-0.39, 0.29) is 12.1 Å². The minimum absolute atomic E-state index is 0.0256. The molecule has 24 heavy (non-hydrogen) atoms. The fraction of sp³-hybridized carbons (Fsp3) is 0.467. The number of esters is 1. The van der Waals surface area contributed by atoms with Gasteiger partial charge in [0, 0.05) is 6.42 Å². The summed E-state index contributed by atoms with van der Waals surface area (Å²) in [5.74, 6) is -0.798. The molecule has 1 aromatic rings. The Balaban J connectivity index is 2.84. The number of carbonyl (C=O) groups is 2. The minimum atomic E-state index is -1.10. The lowest BCUT2D eigenvalue weighted by molar-refractivity contribution is -0.144. The van der Waals surface area contributed by atoms with Crippen LogP contribution in [0.5, 0.6) is 0 Å². The summed E-state index contributed by atoms with van der Waals surface area (Å²) in [5, 5.41) is 27.0. The maximum absolute atomic E-state index is 12.0. The Morgan fingerprint density at radius 1 is 1.29 bits per heavy atom. The predicted molar refractivity (Wildman–Crippen MR) is 80.2 cm³/mol. The van der Waals surface area contributed by atoms with E-state index in [4.69, 9.17) is 20.0 Å². The highest BCUT2D eigenvalue weighted by Crippen LogP contribution is 2.08. The molecule has 1 aromatic heterocycles. The Kier molecular flexibility index (Phi) is 6.63. The lowest BCUT2D eigenvalue weighted by Crippen LogP contribution is -2.45. The predicted octanol–water partition coefficient (Wildman–Crippen LogP) is 0.851. The lowest BCUT2D eigenvalue weighted by atomic mass is 10.1.